The Kier molecular flexibility index (Phi) is 6.43. The molecule has 5 heteroatoms. The van der Waals surface area contributed by atoms with Crippen molar-refractivity contribution in [3.8, 4) is 0 Å². The summed E-state index contributed by atoms with van der Waals surface area (Å²) >= 11 is 5.81. The second-order valence-electron chi connectivity index (χ2n) is 3.72. The zero-order chi connectivity index (χ0) is 12.5. The fourth-order valence-corrected chi connectivity index (χ4v) is 1.42. The highest BCUT2D eigenvalue weighted by Crippen LogP contribution is 2.09. The Balaban J connectivity index is 2.46. The first-order valence-corrected chi connectivity index (χ1v) is 6.13. The Bertz CT molecular complexity index is 348. The number of aliphatic imine (C=N–C) groups is 1. The van der Waals surface area contributed by atoms with Crippen LogP contribution in [0.25, 0.3) is 0 Å². The molecular weight excluding hydrogens is 236 g/mol. The van der Waals surface area contributed by atoms with Gasteiger partial charge >= 0.3 is 0 Å². The van der Waals surface area contributed by atoms with E-state index in [2.05, 4.69) is 22.7 Å². The molecule has 1 rings (SSSR count). The average molecular weight is 255 g/mol. The van der Waals surface area contributed by atoms with Crippen LogP contribution in [0.2, 0.25) is 5.02 Å². The second-order valence-corrected chi connectivity index (χ2v) is 4.15. The predicted octanol–water partition coefficient (Wildman–Crippen LogP) is 2.05. The van der Waals surface area contributed by atoms with E-state index in [1.165, 1.54) is 0 Å². The molecule has 0 aromatic heterocycles. The van der Waals surface area contributed by atoms with Crippen molar-refractivity contribution in [1.29, 1.82) is 0 Å². The Morgan fingerprint density at radius 3 is 2.65 bits per heavy atom. The van der Waals surface area contributed by atoms with E-state index < -0.39 is 0 Å². The molecule has 0 saturated carbocycles. The van der Waals surface area contributed by atoms with Crippen molar-refractivity contribution in [2.75, 3.05) is 6.54 Å². The third kappa shape index (κ3) is 5.56. The van der Waals surface area contributed by atoms with Gasteiger partial charge in [0.25, 0.3) is 0 Å². The second kappa shape index (κ2) is 7.92. The van der Waals surface area contributed by atoms with E-state index in [4.69, 9.17) is 17.4 Å². The van der Waals surface area contributed by atoms with Gasteiger partial charge in [0.15, 0.2) is 0 Å². The molecule has 0 spiro atoms. The van der Waals surface area contributed by atoms with Crippen LogP contribution >= 0.6 is 11.6 Å². The van der Waals surface area contributed by atoms with Gasteiger partial charge in [0, 0.05) is 11.6 Å². The van der Waals surface area contributed by atoms with Gasteiger partial charge in [-0.25, -0.2) is 10.8 Å². The molecule has 0 unspecified atom stereocenters. The first-order valence-electron chi connectivity index (χ1n) is 5.75. The highest BCUT2D eigenvalue weighted by atomic mass is 35.5. The van der Waals surface area contributed by atoms with Gasteiger partial charge in [0.2, 0.25) is 5.96 Å². The zero-order valence-corrected chi connectivity index (χ0v) is 10.8. The van der Waals surface area contributed by atoms with Gasteiger partial charge in [-0.05, 0) is 24.1 Å². The monoisotopic (exact) mass is 254 g/mol. The third-order valence-corrected chi connectivity index (χ3v) is 2.54. The van der Waals surface area contributed by atoms with E-state index in [1.807, 2.05) is 24.3 Å². The van der Waals surface area contributed by atoms with E-state index in [0.29, 0.717) is 12.5 Å². The van der Waals surface area contributed by atoms with Crippen molar-refractivity contribution in [2.45, 2.75) is 26.3 Å². The number of unbranched alkanes of at least 4 members (excludes halogenated alkanes) is 1. The van der Waals surface area contributed by atoms with E-state index in [1.54, 1.807) is 0 Å². The van der Waals surface area contributed by atoms with Crippen molar-refractivity contribution in [3.05, 3.63) is 34.9 Å². The Labute approximate surface area is 107 Å². The molecule has 0 atom stereocenters. The third-order valence-electron chi connectivity index (χ3n) is 2.29. The first kappa shape index (κ1) is 13.8. The maximum atomic E-state index is 5.81. The largest absolute Gasteiger partial charge is 0.355 e. The van der Waals surface area contributed by atoms with Crippen LogP contribution in [0.4, 0.5) is 0 Å². The molecule has 0 radical (unpaired) electrons. The quantitative estimate of drug-likeness (QED) is 0.248. The van der Waals surface area contributed by atoms with E-state index in [-0.39, 0.29) is 0 Å². The molecule has 1 aromatic rings. The Hall–Kier alpha value is -1.26. The van der Waals surface area contributed by atoms with Crippen LogP contribution in [0.3, 0.4) is 0 Å². The highest BCUT2D eigenvalue weighted by molar-refractivity contribution is 6.30. The van der Waals surface area contributed by atoms with Crippen LogP contribution in [0, 0.1) is 0 Å². The van der Waals surface area contributed by atoms with E-state index in [9.17, 15) is 0 Å². The van der Waals surface area contributed by atoms with Crippen molar-refractivity contribution in [1.82, 2.24) is 10.7 Å². The number of nitrogens with two attached hydrogens (primary N) is 1. The molecule has 0 saturated heterocycles. The molecular formula is C12H19ClN4. The Morgan fingerprint density at radius 2 is 2.06 bits per heavy atom. The lowest BCUT2D eigenvalue weighted by Crippen LogP contribution is -2.41. The molecule has 4 N–H and O–H groups in total. The maximum Gasteiger partial charge on any atom is 0.206 e. The van der Waals surface area contributed by atoms with Crippen LogP contribution in [0.5, 0.6) is 0 Å². The minimum Gasteiger partial charge on any atom is -0.355 e. The average Bonchev–Trinajstić information content (AvgIpc) is 2.35. The summed E-state index contributed by atoms with van der Waals surface area (Å²) in [4.78, 5) is 4.34. The fraction of sp³-hybridized carbons (Fsp3) is 0.417. The van der Waals surface area contributed by atoms with Gasteiger partial charge in [-0.1, -0.05) is 37.1 Å². The summed E-state index contributed by atoms with van der Waals surface area (Å²) in [6.07, 6.45) is 2.24. The van der Waals surface area contributed by atoms with Gasteiger partial charge in [0.05, 0.1) is 6.54 Å². The minimum atomic E-state index is 0.579. The van der Waals surface area contributed by atoms with E-state index in [0.717, 1.165) is 30.0 Å². The minimum absolute atomic E-state index is 0.579. The maximum absolute atomic E-state index is 5.81. The lowest BCUT2D eigenvalue weighted by atomic mass is 10.2. The normalized spacial score (nSPS) is 11.4. The van der Waals surface area contributed by atoms with Crippen LogP contribution in [-0.2, 0) is 6.54 Å². The standard InChI is InChI=1S/C12H19ClN4/c1-2-3-8-15-12(17-14)16-9-10-4-6-11(13)7-5-10/h4-7H,2-3,8-9,14H2,1H3,(H2,15,16,17). The number of halogens is 1. The zero-order valence-electron chi connectivity index (χ0n) is 10.0. The van der Waals surface area contributed by atoms with E-state index >= 15 is 0 Å². The van der Waals surface area contributed by atoms with Crippen LogP contribution < -0.4 is 16.6 Å². The predicted molar refractivity (Wildman–Crippen MR) is 72.8 cm³/mol. The number of hydrogen-bond acceptors (Lipinski definition) is 2. The van der Waals surface area contributed by atoms with Gasteiger partial charge in [-0.15, -0.1) is 0 Å². The van der Waals surface area contributed by atoms with Crippen molar-refractivity contribution in [2.24, 2.45) is 10.8 Å². The fourth-order valence-electron chi connectivity index (χ4n) is 1.30. The lowest BCUT2D eigenvalue weighted by Gasteiger charge is -2.08. The summed E-state index contributed by atoms with van der Waals surface area (Å²) in [6.45, 7) is 3.60. The van der Waals surface area contributed by atoms with Crippen LogP contribution in [-0.4, -0.2) is 12.5 Å². The topological polar surface area (TPSA) is 62.4 Å². The highest BCUT2D eigenvalue weighted by Gasteiger charge is 1.95. The number of hydrogen-bond donors (Lipinski definition) is 3. The number of hydrazine groups is 1. The number of nitrogens with one attached hydrogen (secondary N) is 2. The van der Waals surface area contributed by atoms with Gasteiger partial charge in [0.1, 0.15) is 0 Å². The first-order chi connectivity index (χ1) is 8.26. The summed E-state index contributed by atoms with van der Waals surface area (Å²) in [5.74, 6) is 6.00. The molecule has 0 aliphatic carbocycles. The molecule has 1 aromatic carbocycles. The molecule has 0 fully saturated rings. The molecule has 17 heavy (non-hydrogen) atoms. The van der Waals surface area contributed by atoms with Crippen molar-refractivity contribution < 1.29 is 0 Å². The summed E-state index contributed by atoms with van der Waals surface area (Å²) in [5.41, 5.74) is 3.65. The SMILES string of the molecule is CCCCNC(=NCc1ccc(Cl)cc1)NN. The molecule has 94 valence electrons. The number of rotatable bonds is 5. The lowest BCUT2D eigenvalue weighted by molar-refractivity contribution is 0.732. The van der Waals surface area contributed by atoms with Crippen LogP contribution in [0.1, 0.15) is 25.3 Å². The molecule has 0 amide bonds. The summed E-state index contributed by atoms with van der Waals surface area (Å²) < 4.78 is 0. The smallest absolute Gasteiger partial charge is 0.206 e. The van der Waals surface area contributed by atoms with Gasteiger partial charge in [-0.3, -0.25) is 5.43 Å². The number of guanidine groups is 1. The molecule has 0 bridgehead atoms. The summed E-state index contributed by atoms with van der Waals surface area (Å²) in [6, 6.07) is 7.61. The van der Waals surface area contributed by atoms with Crippen LogP contribution in [0.15, 0.2) is 29.3 Å². The van der Waals surface area contributed by atoms with Gasteiger partial charge < -0.3 is 5.32 Å². The van der Waals surface area contributed by atoms with Crippen molar-refractivity contribution >= 4 is 17.6 Å². The Morgan fingerprint density at radius 1 is 1.35 bits per heavy atom. The molecule has 0 aliphatic rings. The molecule has 0 aliphatic heterocycles. The molecule has 4 nitrogen and oxygen atoms in total. The van der Waals surface area contributed by atoms with Crippen molar-refractivity contribution in [3.63, 3.8) is 0 Å². The summed E-state index contributed by atoms with van der Waals surface area (Å²) in [7, 11) is 0. The number of benzene rings is 1. The van der Waals surface area contributed by atoms with Gasteiger partial charge in [-0.2, -0.15) is 0 Å². The summed E-state index contributed by atoms with van der Waals surface area (Å²) in [5, 5.41) is 3.87. The number of nitrogens with zero attached hydrogens (tertiary/aromatic N) is 1. The molecule has 0 heterocycles.